The zero-order valence-electron chi connectivity index (χ0n) is 12.4. The number of alkyl halides is 3. The van der Waals surface area contributed by atoms with Gasteiger partial charge in [-0.05, 0) is 31.4 Å². The van der Waals surface area contributed by atoms with E-state index < -0.39 is 12.7 Å². The number of hydrogen-bond acceptors (Lipinski definition) is 2. The first kappa shape index (κ1) is 16.3. The van der Waals surface area contributed by atoms with Crippen molar-refractivity contribution in [2.45, 2.75) is 44.4 Å². The van der Waals surface area contributed by atoms with Crippen molar-refractivity contribution in [3.8, 4) is 0 Å². The van der Waals surface area contributed by atoms with Gasteiger partial charge in [-0.15, -0.1) is 0 Å². The van der Waals surface area contributed by atoms with Crippen LogP contribution in [0.25, 0.3) is 0 Å². The normalized spacial score (nSPS) is 17.2. The van der Waals surface area contributed by atoms with Crippen LogP contribution in [0, 0.1) is 0 Å². The second-order valence-corrected chi connectivity index (χ2v) is 5.69. The highest BCUT2D eigenvalue weighted by Gasteiger charge is 2.34. The fourth-order valence-corrected chi connectivity index (χ4v) is 2.56. The summed E-state index contributed by atoms with van der Waals surface area (Å²) in [4.78, 5) is 1.55. The largest absolute Gasteiger partial charge is 0.401 e. The zero-order chi connectivity index (χ0) is 15.3. The van der Waals surface area contributed by atoms with Crippen molar-refractivity contribution < 1.29 is 13.2 Å². The number of nitrogens with one attached hydrogen (secondary N) is 1. The van der Waals surface area contributed by atoms with E-state index >= 15 is 0 Å². The third-order valence-corrected chi connectivity index (χ3v) is 3.70. The Morgan fingerprint density at radius 1 is 1.24 bits per heavy atom. The molecule has 1 aliphatic rings. The Kier molecular flexibility index (Phi) is 5.65. The number of benzene rings is 1. The van der Waals surface area contributed by atoms with Gasteiger partial charge in [-0.2, -0.15) is 13.2 Å². The molecule has 1 aliphatic carbocycles. The molecule has 1 fully saturated rings. The summed E-state index contributed by atoms with van der Waals surface area (Å²) in [6.45, 7) is 2.09. The third kappa shape index (κ3) is 5.67. The Labute approximate surface area is 124 Å². The van der Waals surface area contributed by atoms with Crippen molar-refractivity contribution in [1.82, 2.24) is 10.2 Å². The number of halogens is 3. The molecule has 0 heterocycles. The summed E-state index contributed by atoms with van der Waals surface area (Å²) in [6.07, 6.45) is -1.19. The van der Waals surface area contributed by atoms with Crippen molar-refractivity contribution in [1.29, 1.82) is 0 Å². The van der Waals surface area contributed by atoms with Crippen LogP contribution in [-0.4, -0.2) is 36.8 Å². The first-order valence-corrected chi connectivity index (χ1v) is 7.58. The topological polar surface area (TPSA) is 15.3 Å². The van der Waals surface area contributed by atoms with Crippen LogP contribution in [-0.2, 0) is 0 Å². The van der Waals surface area contributed by atoms with Gasteiger partial charge in [0, 0.05) is 18.6 Å². The van der Waals surface area contributed by atoms with Gasteiger partial charge in [-0.3, -0.25) is 4.90 Å². The maximum Gasteiger partial charge on any atom is 0.401 e. The maximum absolute atomic E-state index is 12.9. The van der Waals surface area contributed by atoms with E-state index in [1.807, 2.05) is 37.3 Å². The van der Waals surface area contributed by atoms with E-state index in [1.165, 1.54) is 0 Å². The SMILES string of the molecule is CCCN(CC(F)(F)F)C(CNC1CC1)c1ccccc1. The quantitative estimate of drug-likeness (QED) is 0.786. The smallest absolute Gasteiger partial charge is 0.312 e. The Morgan fingerprint density at radius 2 is 1.90 bits per heavy atom. The lowest BCUT2D eigenvalue weighted by Gasteiger charge is -2.33. The van der Waals surface area contributed by atoms with E-state index in [9.17, 15) is 13.2 Å². The molecule has 0 radical (unpaired) electrons. The minimum absolute atomic E-state index is 0.228. The zero-order valence-corrected chi connectivity index (χ0v) is 12.4. The van der Waals surface area contributed by atoms with Crippen LogP contribution in [0.3, 0.4) is 0 Å². The first-order chi connectivity index (χ1) is 9.99. The monoisotopic (exact) mass is 300 g/mol. The molecule has 0 spiro atoms. The molecule has 0 aromatic heterocycles. The summed E-state index contributed by atoms with van der Waals surface area (Å²) in [5.41, 5.74) is 0.948. The molecule has 2 nitrogen and oxygen atoms in total. The summed E-state index contributed by atoms with van der Waals surface area (Å²) < 4.78 is 38.6. The van der Waals surface area contributed by atoms with Gasteiger partial charge in [0.15, 0.2) is 0 Å². The van der Waals surface area contributed by atoms with Crippen molar-refractivity contribution in [2.24, 2.45) is 0 Å². The molecule has 0 bridgehead atoms. The lowest BCUT2D eigenvalue weighted by Crippen LogP contribution is -2.42. The van der Waals surface area contributed by atoms with E-state index in [2.05, 4.69) is 5.32 Å². The minimum Gasteiger partial charge on any atom is -0.312 e. The average molecular weight is 300 g/mol. The lowest BCUT2D eigenvalue weighted by atomic mass is 10.0. The summed E-state index contributed by atoms with van der Waals surface area (Å²) in [6, 6.07) is 9.76. The van der Waals surface area contributed by atoms with Crippen LogP contribution >= 0.6 is 0 Å². The van der Waals surface area contributed by atoms with Gasteiger partial charge >= 0.3 is 6.18 Å². The lowest BCUT2D eigenvalue weighted by molar-refractivity contribution is -0.151. The van der Waals surface area contributed by atoms with E-state index in [1.54, 1.807) is 4.90 Å². The molecule has 1 saturated carbocycles. The molecule has 1 N–H and O–H groups in total. The van der Waals surface area contributed by atoms with Gasteiger partial charge in [-0.1, -0.05) is 37.3 Å². The van der Waals surface area contributed by atoms with Crippen molar-refractivity contribution in [3.05, 3.63) is 35.9 Å². The van der Waals surface area contributed by atoms with Gasteiger partial charge in [0.2, 0.25) is 0 Å². The van der Waals surface area contributed by atoms with Crippen LogP contribution in [0.5, 0.6) is 0 Å². The fraction of sp³-hybridized carbons (Fsp3) is 0.625. The van der Waals surface area contributed by atoms with Gasteiger partial charge in [0.05, 0.1) is 6.54 Å². The van der Waals surface area contributed by atoms with Crippen LogP contribution in [0.15, 0.2) is 30.3 Å². The number of rotatable bonds is 8. The Morgan fingerprint density at radius 3 is 2.43 bits per heavy atom. The summed E-state index contributed by atoms with van der Waals surface area (Å²) in [5.74, 6) is 0. The van der Waals surface area contributed by atoms with Crippen LogP contribution in [0.4, 0.5) is 13.2 Å². The maximum atomic E-state index is 12.9. The average Bonchev–Trinajstić information content (AvgIpc) is 3.23. The highest BCUT2D eigenvalue weighted by Crippen LogP contribution is 2.27. The minimum atomic E-state index is -4.16. The van der Waals surface area contributed by atoms with Gasteiger partial charge < -0.3 is 5.32 Å². The Hall–Kier alpha value is -1.07. The standard InChI is InChI=1S/C16H23F3N2/c1-2-10-21(12-16(17,18)19)15(11-20-14-8-9-14)13-6-4-3-5-7-13/h3-7,14-15,20H,2,8-12H2,1H3. The fourth-order valence-electron chi connectivity index (χ4n) is 2.56. The van der Waals surface area contributed by atoms with Crippen LogP contribution in [0.1, 0.15) is 37.8 Å². The molecule has 1 unspecified atom stereocenters. The van der Waals surface area contributed by atoms with Crippen molar-refractivity contribution >= 4 is 0 Å². The van der Waals surface area contributed by atoms with Gasteiger partial charge in [0.1, 0.15) is 0 Å². The van der Waals surface area contributed by atoms with Crippen molar-refractivity contribution in [2.75, 3.05) is 19.6 Å². The number of hydrogen-bond donors (Lipinski definition) is 1. The predicted octanol–water partition coefficient (Wildman–Crippen LogP) is 3.75. The molecule has 2 rings (SSSR count). The van der Waals surface area contributed by atoms with Crippen LogP contribution in [0.2, 0.25) is 0 Å². The second kappa shape index (κ2) is 7.27. The Bertz CT molecular complexity index is 415. The molecule has 118 valence electrons. The molecular weight excluding hydrogens is 277 g/mol. The molecule has 5 heteroatoms. The van der Waals surface area contributed by atoms with E-state index in [-0.39, 0.29) is 6.04 Å². The molecule has 1 aromatic rings. The van der Waals surface area contributed by atoms with E-state index in [0.29, 0.717) is 25.6 Å². The number of nitrogens with zero attached hydrogens (tertiary/aromatic N) is 1. The van der Waals surface area contributed by atoms with Crippen LogP contribution < -0.4 is 5.32 Å². The molecule has 21 heavy (non-hydrogen) atoms. The van der Waals surface area contributed by atoms with Gasteiger partial charge in [0.25, 0.3) is 0 Å². The van der Waals surface area contributed by atoms with E-state index in [4.69, 9.17) is 0 Å². The highest BCUT2D eigenvalue weighted by atomic mass is 19.4. The summed E-state index contributed by atoms with van der Waals surface area (Å²) >= 11 is 0. The van der Waals surface area contributed by atoms with Crippen molar-refractivity contribution in [3.63, 3.8) is 0 Å². The third-order valence-electron chi connectivity index (χ3n) is 3.70. The molecule has 1 aromatic carbocycles. The highest BCUT2D eigenvalue weighted by molar-refractivity contribution is 5.19. The van der Waals surface area contributed by atoms with E-state index in [0.717, 1.165) is 18.4 Å². The molecule has 1 atom stereocenters. The molecular formula is C16H23F3N2. The van der Waals surface area contributed by atoms with Gasteiger partial charge in [-0.25, -0.2) is 0 Å². The summed E-state index contributed by atoms with van der Waals surface area (Å²) in [7, 11) is 0. The molecule has 0 aliphatic heterocycles. The summed E-state index contributed by atoms with van der Waals surface area (Å²) in [5, 5.41) is 3.37. The second-order valence-electron chi connectivity index (χ2n) is 5.69. The molecule has 0 amide bonds. The Balaban J connectivity index is 2.12. The first-order valence-electron chi connectivity index (χ1n) is 7.58. The predicted molar refractivity (Wildman–Crippen MR) is 78.1 cm³/mol. The molecule has 0 saturated heterocycles.